The maximum absolute atomic E-state index is 12.3. The van der Waals surface area contributed by atoms with Crippen LogP contribution in [0.2, 0.25) is 5.02 Å². The van der Waals surface area contributed by atoms with Crippen molar-refractivity contribution in [3.8, 4) is 0 Å². The fourth-order valence-corrected chi connectivity index (χ4v) is 2.98. The topological polar surface area (TPSA) is 42.9 Å². The van der Waals surface area contributed by atoms with E-state index in [1.807, 2.05) is 26.8 Å². The van der Waals surface area contributed by atoms with Crippen molar-refractivity contribution in [2.75, 3.05) is 0 Å². The Balaban J connectivity index is 2.15. The minimum absolute atomic E-state index is 0.0280. The molecule has 0 N–H and O–H groups in total. The number of rotatable bonds is 4. The Morgan fingerprint density at radius 3 is 2.45 bits per heavy atom. The van der Waals surface area contributed by atoms with E-state index in [4.69, 9.17) is 11.6 Å². The van der Waals surface area contributed by atoms with Gasteiger partial charge in [-0.2, -0.15) is 0 Å². The average molecular weight is 307 g/mol. The highest BCUT2D eigenvalue weighted by molar-refractivity contribution is 8.00. The van der Waals surface area contributed by atoms with Gasteiger partial charge in [0.05, 0.1) is 5.25 Å². The van der Waals surface area contributed by atoms with E-state index >= 15 is 0 Å². The first-order chi connectivity index (χ1) is 9.45. The lowest BCUT2D eigenvalue weighted by molar-refractivity contribution is 0.0994. The summed E-state index contributed by atoms with van der Waals surface area (Å²) < 4.78 is 0. The van der Waals surface area contributed by atoms with Crippen molar-refractivity contribution >= 4 is 29.1 Å². The first-order valence-corrected chi connectivity index (χ1v) is 7.50. The monoisotopic (exact) mass is 306 g/mol. The Morgan fingerprint density at radius 2 is 1.85 bits per heavy atom. The summed E-state index contributed by atoms with van der Waals surface area (Å²) in [4.78, 5) is 21.0. The van der Waals surface area contributed by atoms with E-state index in [9.17, 15) is 4.79 Å². The summed E-state index contributed by atoms with van der Waals surface area (Å²) in [7, 11) is 0. The number of Topliss-reactive ketones (excluding diaryl/α,β-unsaturated/α-hetero) is 1. The summed E-state index contributed by atoms with van der Waals surface area (Å²) in [6, 6.07) is 8.90. The molecule has 0 saturated carbocycles. The predicted molar refractivity (Wildman–Crippen MR) is 82.6 cm³/mol. The molecule has 2 aromatic rings. The molecule has 0 aliphatic carbocycles. The van der Waals surface area contributed by atoms with Crippen molar-refractivity contribution in [3.05, 3.63) is 52.3 Å². The number of carbonyl (C=O) groups excluding carboxylic acids is 1. The molecule has 1 atom stereocenters. The van der Waals surface area contributed by atoms with Gasteiger partial charge in [-0.05, 0) is 39.0 Å². The molecule has 0 fully saturated rings. The van der Waals surface area contributed by atoms with E-state index in [0.29, 0.717) is 15.7 Å². The lowest BCUT2D eigenvalue weighted by atomic mass is 10.1. The lowest BCUT2D eigenvalue weighted by Gasteiger charge is -2.10. The van der Waals surface area contributed by atoms with Crippen molar-refractivity contribution in [1.29, 1.82) is 0 Å². The van der Waals surface area contributed by atoms with Gasteiger partial charge in [0, 0.05) is 22.0 Å². The van der Waals surface area contributed by atoms with Crippen molar-refractivity contribution < 1.29 is 4.79 Å². The Labute approximate surface area is 127 Å². The number of aryl methyl sites for hydroxylation is 2. The fourth-order valence-electron chi connectivity index (χ4n) is 1.83. The largest absolute Gasteiger partial charge is 0.293 e. The van der Waals surface area contributed by atoms with Crippen LogP contribution in [0.5, 0.6) is 0 Å². The molecule has 0 bridgehead atoms. The molecule has 1 unspecified atom stereocenters. The van der Waals surface area contributed by atoms with Gasteiger partial charge in [-0.15, -0.1) is 0 Å². The van der Waals surface area contributed by atoms with Crippen LogP contribution in [0.1, 0.15) is 28.7 Å². The first kappa shape index (κ1) is 15.0. The van der Waals surface area contributed by atoms with Crippen LogP contribution in [0.4, 0.5) is 0 Å². The number of hydrogen-bond acceptors (Lipinski definition) is 4. The molecular formula is C15H15ClN2OS. The molecule has 104 valence electrons. The zero-order valence-corrected chi connectivity index (χ0v) is 13.1. The number of aromatic nitrogens is 2. The Morgan fingerprint density at radius 1 is 1.20 bits per heavy atom. The summed E-state index contributed by atoms with van der Waals surface area (Å²) >= 11 is 7.28. The third-order valence-corrected chi connectivity index (χ3v) is 3.92. The molecule has 0 saturated heterocycles. The second-order valence-corrected chi connectivity index (χ2v) is 6.31. The zero-order valence-electron chi connectivity index (χ0n) is 11.6. The smallest absolute Gasteiger partial charge is 0.188 e. The van der Waals surface area contributed by atoms with E-state index in [1.54, 1.807) is 24.3 Å². The molecule has 0 aliphatic rings. The average Bonchev–Trinajstić information content (AvgIpc) is 2.36. The quantitative estimate of drug-likeness (QED) is 0.484. The summed E-state index contributed by atoms with van der Waals surface area (Å²) in [5.41, 5.74) is 2.42. The fraction of sp³-hybridized carbons (Fsp3) is 0.267. The lowest BCUT2D eigenvalue weighted by Crippen LogP contribution is -2.14. The number of nitrogens with zero attached hydrogens (tertiary/aromatic N) is 2. The van der Waals surface area contributed by atoms with Gasteiger partial charge in [-0.25, -0.2) is 9.97 Å². The molecule has 1 heterocycles. The van der Waals surface area contributed by atoms with Gasteiger partial charge in [-0.1, -0.05) is 35.5 Å². The van der Waals surface area contributed by atoms with Gasteiger partial charge in [0.15, 0.2) is 10.9 Å². The second kappa shape index (κ2) is 6.37. The number of carbonyl (C=O) groups is 1. The van der Waals surface area contributed by atoms with Gasteiger partial charge < -0.3 is 0 Å². The van der Waals surface area contributed by atoms with Crippen LogP contribution in [0.15, 0.2) is 35.5 Å². The third-order valence-electron chi connectivity index (χ3n) is 2.72. The highest BCUT2D eigenvalue weighted by Gasteiger charge is 2.18. The van der Waals surface area contributed by atoms with E-state index in [0.717, 1.165) is 11.4 Å². The number of benzene rings is 1. The van der Waals surface area contributed by atoms with E-state index in [2.05, 4.69) is 9.97 Å². The maximum Gasteiger partial charge on any atom is 0.188 e. The molecule has 2 rings (SSSR count). The molecule has 20 heavy (non-hydrogen) atoms. The molecule has 1 aromatic heterocycles. The van der Waals surface area contributed by atoms with Crippen LogP contribution in [0, 0.1) is 13.8 Å². The second-order valence-electron chi connectivity index (χ2n) is 4.57. The van der Waals surface area contributed by atoms with E-state index in [1.165, 1.54) is 11.8 Å². The van der Waals surface area contributed by atoms with Crippen LogP contribution < -0.4 is 0 Å². The molecule has 0 radical (unpaired) electrons. The van der Waals surface area contributed by atoms with Gasteiger partial charge in [0.1, 0.15) is 0 Å². The van der Waals surface area contributed by atoms with Crippen LogP contribution in [0.25, 0.3) is 0 Å². The van der Waals surface area contributed by atoms with Crippen LogP contribution >= 0.6 is 23.4 Å². The van der Waals surface area contributed by atoms with Crippen LogP contribution in [-0.2, 0) is 0 Å². The van der Waals surface area contributed by atoms with E-state index < -0.39 is 0 Å². The highest BCUT2D eigenvalue weighted by Crippen LogP contribution is 2.24. The molecule has 0 amide bonds. The maximum atomic E-state index is 12.3. The molecular weight excluding hydrogens is 292 g/mol. The van der Waals surface area contributed by atoms with Crippen molar-refractivity contribution in [2.45, 2.75) is 31.2 Å². The first-order valence-electron chi connectivity index (χ1n) is 6.24. The SMILES string of the molecule is Cc1cc(C)nc(SC(C)C(=O)c2cccc(Cl)c2)n1. The number of ketones is 1. The van der Waals surface area contributed by atoms with Crippen molar-refractivity contribution in [3.63, 3.8) is 0 Å². The van der Waals surface area contributed by atoms with Crippen molar-refractivity contribution in [2.24, 2.45) is 0 Å². The summed E-state index contributed by atoms with van der Waals surface area (Å²) in [6.07, 6.45) is 0. The third kappa shape index (κ3) is 3.81. The van der Waals surface area contributed by atoms with Crippen LogP contribution in [-0.4, -0.2) is 21.0 Å². The molecule has 1 aromatic carbocycles. The standard InChI is InChI=1S/C15H15ClN2OS/c1-9-7-10(2)18-15(17-9)20-11(3)14(19)12-5-4-6-13(16)8-12/h4-8,11H,1-3H3. The summed E-state index contributed by atoms with van der Waals surface area (Å²) in [5.74, 6) is 0.0280. The number of thioether (sulfide) groups is 1. The Hall–Kier alpha value is -1.39. The minimum atomic E-state index is -0.255. The zero-order chi connectivity index (χ0) is 14.7. The Bertz CT molecular complexity index is 625. The van der Waals surface area contributed by atoms with Gasteiger partial charge in [0.2, 0.25) is 0 Å². The number of hydrogen-bond donors (Lipinski definition) is 0. The highest BCUT2D eigenvalue weighted by atomic mass is 35.5. The summed E-state index contributed by atoms with van der Waals surface area (Å²) in [6.45, 7) is 5.69. The Kier molecular flexibility index (Phi) is 4.78. The van der Waals surface area contributed by atoms with Gasteiger partial charge >= 0.3 is 0 Å². The van der Waals surface area contributed by atoms with Gasteiger partial charge in [-0.3, -0.25) is 4.79 Å². The predicted octanol–water partition coefficient (Wildman–Crippen LogP) is 4.11. The minimum Gasteiger partial charge on any atom is -0.293 e. The molecule has 0 aliphatic heterocycles. The number of halogens is 1. The van der Waals surface area contributed by atoms with E-state index in [-0.39, 0.29) is 11.0 Å². The molecule has 0 spiro atoms. The van der Waals surface area contributed by atoms with Crippen molar-refractivity contribution in [1.82, 2.24) is 9.97 Å². The molecule has 3 nitrogen and oxygen atoms in total. The summed E-state index contributed by atoms with van der Waals surface area (Å²) in [5, 5.41) is 0.941. The normalized spacial score (nSPS) is 12.2. The van der Waals surface area contributed by atoms with Crippen LogP contribution in [0.3, 0.4) is 0 Å². The molecule has 5 heteroatoms. The van der Waals surface area contributed by atoms with Gasteiger partial charge in [0.25, 0.3) is 0 Å².